The molecule has 2 rings (SSSR count). The van der Waals surface area contributed by atoms with Gasteiger partial charge in [0.1, 0.15) is 0 Å². The number of urea groups is 1. The van der Waals surface area contributed by atoms with Crippen LogP contribution < -0.4 is 5.32 Å². The number of piperidine rings is 1. The summed E-state index contributed by atoms with van der Waals surface area (Å²) in [4.78, 5) is 14.0. The van der Waals surface area contributed by atoms with Crippen molar-refractivity contribution in [1.82, 2.24) is 4.90 Å². The third-order valence-corrected chi connectivity index (χ3v) is 3.45. The molecule has 0 aliphatic carbocycles. The number of rotatable bonds is 2. The molecule has 1 heterocycles. The van der Waals surface area contributed by atoms with E-state index in [0.29, 0.717) is 5.92 Å². The van der Waals surface area contributed by atoms with E-state index in [1.165, 1.54) is 12.0 Å². The highest BCUT2D eigenvalue weighted by atomic mass is 16.2. The van der Waals surface area contributed by atoms with Crippen molar-refractivity contribution in [2.75, 3.05) is 18.4 Å². The summed E-state index contributed by atoms with van der Waals surface area (Å²) in [5.74, 6) is 0.483. The minimum absolute atomic E-state index is 0.0376. The van der Waals surface area contributed by atoms with E-state index in [9.17, 15) is 4.79 Å². The Bertz CT molecular complexity index is 409. The van der Waals surface area contributed by atoms with E-state index in [0.717, 1.165) is 31.6 Å². The van der Waals surface area contributed by atoms with Gasteiger partial charge < -0.3 is 10.2 Å². The Kier molecular flexibility index (Phi) is 4.24. The molecule has 0 bridgehead atoms. The first-order chi connectivity index (χ1) is 8.66. The lowest BCUT2D eigenvalue weighted by Gasteiger charge is -2.26. The molecule has 0 saturated carbocycles. The molecule has 2 amide bonds. The van der Waals surface area contributed by atoms with Crippen LogP contribution in [0.3, 0.4) is 0 Å². The van der Waals surface area contributed by atoms with E-state index >= 15 is 0 Å². The molecule has 0 aromatic heterocycles. The van der Waals surface area contributed by atoms with E-state index in [4.69, 9.17) is 0 Å². The molecule has 1 aliphatic heterocycles. The quantitative estimate of drug-likeness (QED) is 0.845. The number of carbonyl (C=O) groups is 1. The molecule has 0 atom stereocenters. The summed E-state index contributed by atoms with van der Waals surface area (Å²) in [6.07, 6.45) is 3.49. The molecule has 0 unspecified atom stereocenters. The van der Waals surface area contributed by atoms with Crippen LogP contribution in [0.2, 0.25) is 0 Å². The number of likely N-dealkylation sites (tertiary alicyclic amines) is 1. The third kappa shape index (κ3) is 3.25. The maximum atomic E-state index is 12.1. The zero-order chi connectivity index (χ0) is 13.0. The van der Waals surface area contributed by atoms with Gasteiger partial charge in [0.05, 0.1) is 0 Å². The van der Waals surface area contributed by atoms with Crippen LogP contribution >= 0.6 is 0 Å². The first kappa shape index (κ1) is 12.9. The van der Waals surface area contributed by atoms with Gasteiger partial charge in [0.2, 0.25) is 0 Å². The lowest BCUT2D eigenvalue weighted by atomic mass is 10.0. The van der Waals surface area contributed by atoms with Gasteiger partial charge in [-0.05, 0) is 42.9 Å². The first-order valence-corrected chi connectivity index (χ1v) is 6.82. The number of nitrogens with one attached hydrogen (secondary N) is 1. The minimum Gasteiger partial charge on any atom is -0.325 e. The fraction of sp³-hybridized carbons (Fsp3) is 0.533. The van der Waals surface area contributed by atoms with Crippen LogP contribution in [0.15, 0.2) is 24.3 Å². The molecule has 3 nitrogen and oxygen atoms in total. The number of anilines is 1. The van der Waals surface area contributed by atoms with E-state index in [-0.39, 0.29) is 6.03 Å². The summed E-state index contributed by atoms with van der Waals surface area (Å²) in [5, 5.41) is 2.99. The molecule has 1 aromatic rings. The highest BCUT2D eigenvalue weighted by Crippen LogP contribution is 2.19. The smallest absolute Gasteiger partial charge is 0.321 e. The van der Waals surface area contributed by atoms with E-state index < -0.39 is 0 Å². The first-order valence-electron chi connectivity index (χ1n) is 6.82. The van der Waals surface area contributed by atoms with Crippen LogP contribution in [-0.4, -0.2) is 24.0 Å². The zero-order valence-corrected chi connectivity index (χ0v) is 11.3. The Morgan fingerprint density at radius 1 is 1.22 bits per heavy atom. The lowest BCUT2D eigenvalue weighted by Crippen LogP contribution is -2.38. The Morgan fingerprint density at radius 3 is 2.61 bits per heavy atom. The maximum Gasteiger partial charge on any atom is 0.321 e. The van der Waals surface area contributed by atoms with Crippen molar-refractivity contribution in [2.45, 2.75) is 39.0 Å². The van der Waals surface area contributed by atoms with Crippen molar-refractivity contribution in [3.8, 4) is 0 Å². The fourth-order valence-electron chi connectivity index (χ4n) is 2.28. The lowest BCUT2D eigenvalue weighted by molar-refractivity contribution is 0.200. The van der Waals surface area contributed by atoms with Gasteiger partial charge in [-0.3, -0.25) is 0 Å². The molecule has 1 aliphatic rings. The van der Waals surface area contributed by atoms with Gasteiger partial charge in [-0.2, -0.15) is 0 Å². The number of hydrogen-bond acceptors (Lipinski definition) is 1. The van der Waals surface area contributed by atoms with Gasteiger partial charge >= 0.3 is 6.03 Å². The average molecular weight is 246 g/mol. The molecule has 0 spiro atoms. The van der Waals surface area contributed by atoms with Crippen molar-refractivity contribution in [1.29, 1.82) is 0 Å². The molecule has 1 fully saturated rings. The van der Waals surface area contributed by atoms with Crippen molar-refractivity contribution in [3.63, 3.8) is 0 Å². The van der Waals surface area contributed by atoms with Crippen molar-refractivity contribution in [2.24, 2.45) is 0 Å². The van der Waals surface area contributed by atoms with Crippen molar-refractivity contribution >= 4 is 11.7 Å². The molecule has 98 valence electrons. The van der Waals surface area contributed by atoms with Gasteiger partial charge in [-0.25, -0.2) is 4.79 Å². The van der Waals surface area contributed by atoms with Gasteiger partial charge in [0.25, 0.3) is 0 Å². The molecular weight excluding hydrogens is 224 g/mol. The molecule has 1 saturated heterocycles. The molecule has 1 N–H and O–H groups in total. The normalized spacial score (nSPS) is 15.8. The summed E-state index contributed by atoms with van der Waals surface area (Å²) < 4.78 is 0. The number of benzene rings is 1. The van der Waals surface area contributed by atoms with Gasteiger partial charge in [-0.1, -0.05) is 26.0 Å². The Balaban J connectivity index is 1.99. The van der Waals surface area contributed by atoms with Crippen LogP contribution in [0.4, 0.5) is 10.5 Å². The number of carbonyl (C=O) groups excluding carboxylic acids is 1. The summed E-state index contributed by atoms with van der Waals surface area (Å²) in [6, 6.07) is 8.15. The largest absolute Gasteiger partial charge is 0.325 e. The Morgan fingerprint density at radius 2 is 1.94 bits per heavy atom. The summed E-state index contributed by atoms with van der Waals surface area (Å²) in [6.45, 7) is 6.09. The molecule has 18 heavy (non-hydrogen) atoms. The maximum absolute atomic E-state index is 12.1. The van der Waals surface area contributed by atoms with Crippen molar-refractivity contribution < 1.29 is 4.79 Å². The predicted molar refractivity (Wildman–Crippen MR) is 75.0 cm³/mol. The van der Waals surface area contributed by atoms with E-state index in [1.54, 1.807) is 0 Å². The second-order valence-corrected chi connectivity index (χ2v) is 5.26. The number of nitrogens with zero attached hydrogens (tertiary/aromatic N) is 1. The monoisotopic (exact) mass is 246 g/mol. The molecule has 1 aromatic carbocycles. The summed E-state index contributed by atoms with van der Waals surface area (Å²) >= 11 is 0. The highest BCUT2D eigenvalue weighted by molar-refractivity contribution is 5.89. The van der Waals surface area contributed by atoms with Crippen LogP contribution in [0.1, 0.15) is 44.6 Å². The number of hydrogen-bond donors (Lipinski definition) is 1. The number of amides is 2. The van der Waals surface area contributed by atoms with Gasteiger partial charge in [-0.15, -0.1) is 0 Å². The van der Waals surface area contributed by atoms with E-state index in [1.807, 2.05) is 17.0 Å². The Labute approximate surface area is 109 Å². The third-order valence-electron chi connectivity index (χ3n) is 3.45. The zero-order valence-electron chi connectivity index (χ0n) is 11.3. The molecular formula is C15H22N2O. The molecule has 0 radical (unpaired) electrons. The van der Waals surface area contributed by atoms with Gasteiger partial charge in [0.15, 0.2) is 0 Å². The van der Waals surface area contributed by atoms with Crippen LogP contribution in [0.5, 0.6) is 0 Å². The second-order valence-electron chi connectivity index (χ2n) is 5.26. The standard InChI is InChI=1S/C15H22N2O/c1-12(2)13-7-6-8-14(11-13)16-15(18)17-9-4-3-5-10-17/h6-8,11-12H,3-5,9-10H2,1-2H3,(H,16,18). The minimum atomic E-state index is 0.0376. The van der Waals surface area contributed by atoms with Crippen LogP contribution in [-0.2, 0) is 0 Å². The molecule has 3 heteroatoms. The summed E-state index contributed by atoms with van der Waals surface area (Å²) in [5.41, 5.74) is 2.16. The average Bonchev–Trinajstić information content (AvgIpc) is 2.40. The van der Waals surface area contributed by atoms with Gasteiger partial charge in [0, 0.05) is 18.8 Å². The SMILES string of the molecule is CC(C)c1cccc(NC(=O)N2CCCCC2)c1. The Hall–Kier alpha value is -1.51. The predicted octanol–water partition coefficient (Wildman–Crippen LogP) is 3.83. The van der Waals surface area contributed by atoms with E-state index in [2.05, 4.69) is 31.3 Å². The van der Waals surface area contributed by atoms with Crippen LogP contribution in [0, 0.1) is 0 Å². The highest BCUT2D eigenvalue weighted by Gasteiger charge is 2.16. The topological polar surface area (TPSA) is 32.3 Å². The van der Waals surface area contributed by atoms with Crippen LogP contribution in [0.25, 0.3) is 0 Å². The second kappa shape index (κ2) is 5.89. The van der Waals surface area contributed by atoms with Crippen molar-refractivity contribution in [3.05, 3.63) is 29.8 Å². The fourth-order valence-corrected chi connectivity index (χ4v) is 2.28. The summed E-state index contributed by atoms with van der Waals surface area (Å²) in [7, 11) is 0.